The zero-order valence-electron chi connectivity index (χ0n) is 14.9. The van der Waals surface area contributed by atoms with E-state index in [9.17, 15) is 23.3 Å². The number of sulfone groups is 1. The molecular weight excluding hydrogens is 442 g/mol. The Hall–Kier alpha value is -2.63. The Morgan fingerprint density at radius 3 is 2.76 bits per heavy atom. The van der Waals surface area contributed by atoms with E-state index < -0.39 is 20.7 Å². The SMILES string of the molecule is CCS(=O)(=O)c1ccc2oc(SCC(=O)Nc3ccc(Cl)cc3[N+](=O)[O-])nc2c1. The predicted octanol–water partition coefficient (Wildman–Crippen LogP) is 3.91. The Bertz CT molecular complexity index is 1210. The van der Waals surface area contributed by atoms with Crippen molar-refractivity contribution < 1.29 is 22.6 Å². The van der Waals surface area contributed by atoms with Crippen LogP contribution in [0.2, 0.25) is 5.02 Å². The number of nitro groups is 1. The van der Waals surface area contributed by atoms with E-state index in [1.54, 1.807) is 6.92 Å². The number of halogens is 1. The summed E-state index contributed by atoms with van der Waals surface area (Å²) in [6, 6.07) is 8.28. The van der Waals surface area contributed by atoms with E-state index in [4.69, 9.17) is 16.0 Å². The summed E-state index contributed by atoms with van der Waals surface area (Å²) in [6.07, 6.45) is 0. The van der Waals surface area contributed by atoms with Crippen molar-refractivity contribution in [2.45, 2.75) is 17.0 Å². The molecule has 0 bridgehead atoms. The summed E-state index contributed by atoms with van der Waals surface area (Å²) in [5.41, 5.74) is 0.450. The highest BCUT2D eigenvalue weighted by atomic mass is 35.5. The lowest BCUT2D eigenvalue weighted by atomic mass is 10.2. The van der Waals surface area contributed by atoms with Crippen molar-refractivity contribution in [1.29, 1.82) is 0 Å². The van der Waals surface area contributed by atoms with Gasteiger partial charge in [0, 0.05) is 11.1 Å². The average Bonchev–Trinajstić information content (AvgIpc) is 3.09. The van der Waals surface area contributed by atoms with Crippen LogP contribution in [-0.4, -0.2) is 35.7 Å². The van der Waals surface area contributed by atoms with Crippen molar-refractivity contribution in [1.82, 2.24) is 4.98 Å². The molecule has 0 spiro atoms. The molecule has 1 aromatic heterocycles. The predicted molar refractivity (Wildman–Crippen MR) is 109 cm³/mol. The molecule has 3 rings (SSSR count). The highest BCUT2D eigenvalue weighted by Crippen LogP contribution is 2.29. The molecule has 0 aliphatic rings. The van der Waals surface area contributed by atoms with Crippen LogP contribution in [0.15, 0.2) is 50.9 Å². The largest absolute Gasteiger partial charge is 0.431 e. The van der Waals surface area contributed by atoms with Gasteiger partial charge in [0.15, 0.2) is 15.4 Å². The van der Waals surface area contributed by atoms with Gasteiger partial charge in [0.05, 0.1) is 21.3 Å². The van der Waals surface area contributed by atoms with Crippen molar-refractivity contribution >= 4 is 61.6 Å². The molecular formula is C17H14ClN3O6S2. The number of rotatable bonds is 7. The van der Waals surface area contributed by atoms with Crippen LogP contribution in [0.5, 0.6) is 0 Å². The van der Waals surface area contributed by atoms with Gasteiger partial charge in [-0.25, -0.2) is 13.4 Å². The number of fused-ring (bicyclic) bond motifs is 1. The van der Waals surface area contributed by atoms with Gasteiger partial charge < -0.3 is 9.73 Å². The lowest BCUT2D eigenvalue weighted by Crippen LogP contribution is -2.15. The lowest BCUT2D eigenvalue weighted by Gasteiger charge is -2.05. The van der Waals surface area contributed by atoms with Crippen molar-refractivity contribution in [3.8, 4) is 0 Å². The van der Waals surface area contributed by atoms with E-state index >= 15 is 0 Å². The number of hydrogen-bond acceptors (Lipinski definition) is 8. The monoisotopic (exact) mass is 455 g/mol. The number of carbonyl (C=O) groups is 1. The molecule has 3 aromatic rings. The quantitative estimate of drug-likeness (QED) is 0.322. The normalized spacial score (nSPS) is 11.5. The number of benzene rings is 2. The molecule has 9 nitrogen and oxygen atoms in total. The average molecular weight is 456 g/mol. The number of anilines is 1. The molecule has 0 aliphatic heterocycles. The second-order valence-corrected chi connectivity index (χ2v) is 9.41. The van der Waals surface area contributed by atoms with Crippen LogP contribution in [0.3, 0.4) is 0 Å². The highest BCUT2D eigenvalue weighted by molar-refractivity contribution is 7.99. The van der Waals surface area contributed by atoms with Crippen LogP contribution in [0, 0.1) is 10.1 Å². The van der Waals surface area contributed by atoms with Crippen LogP contribution < -0.4 is 5.32 Å². The molecule has 0 saturated carbocycles. The zero-order valence-corrected chi connectivity index (χ0v) is 17.3. The first kappa shape index (κ1) is 21.1. The van der Waals surface area contributed by atoms with E-state index in [0.29, 0.717) is 11.1 Å². The molecule has 0 unspecified atom stereocenters. The number of nitrogens with one attached hydrogen (secondary N) is 1. The highest BCUT2D eigenvalue weighted by Gasteiger charge is 2.18. The minimum Gasteiger partial charge on any atom is -0.431 e. The van der Waals surface area contributed by atoms with Crippen molar-refractivity contribution in [3.05, 3.63) is 51.5 Å². The van der Waals surface area contributed by atoms with E-state index in [1.165, 1.54) is 30.3 Å². The van der Waals surface area contributed by atoms with Gasteiger partial charge in [-0.3, -0.25) is 14.9 Å². The van der Waals surface area contributed by atoms with Gasteiger partial charge in [0.1, 0.15) is 11.2 Å². The minimum atomic E-state index is -3.37. The number of amides is 1. The van der Waals surface area contributed by atoms with E-state index in [-0.39, 0.29) is 38.0 Å². The Kier molecular flexibility index (Phi) is 6.10. The maximum absolute atomic E-state index is 12.1. The summed E-state index contributed by atoms with van der Waals surface area (Å²) in [7, 11) is -3.37. The summed E-state index contributed by atoms with van der Waals surface area (Å²) >= 11 is 6.72. The van der Waals surface area contributed by atoms with Gasteiger partial charge in [0.25, 0.3) is 10.9 Å². The fourth-order valence-electron chi connectivity index (χ4n) is 2.38. The fourth-order valence-corrected chi connectivity index (χ4v) is 4.09. The Morgan fingerprint density at radius 1 is 1.31 bits per heavy atom. The molecule has 1 amide bonds. The Labute approximate surface area is 174 Å². The summed E-state index contributed by atoms with van der Waals surface area (Å²) in [4.78, 5) is 26.9. The Morgan fingerprint density at radius 2 is 2.07 bits per heavy atom. The third-order valence-corrected chi connectivity index (χ3v) is 6.63. The topological polar surface area (TPSA) is 132 Å². The summed E-state index contributed by atoms with van der Waals surface area (Å²) in [5, 5.41) is 13.9. The first-order chi connectivity index (χ1) is 13.7. The molecule has 152 valence electrons. The molecule has 0 saturated heterocycles. The number of nitrogens with zero attached hydrogens (tertiary/aromatic N) is 2. The van der Waals surface area contributed by atoms with Gasteiger partial charge in [0.2, 0.25) is 5.91 Å². The zero-order chi connectivity index (χ0) is 21.2. The van der Waals surface area contributed by atoms with Gasteiger partial charge in [-0.15, -0.1) is 0 Å². The van der Waals surface area contributed by atoms with Crippen LogP contribution in [0.4, 0.5) is 11.4 Å². The number of aromatic nitrogens is 1. The molecule has 0 radical (unpaired) electrons. The maximum atomic E-state index is 12.1. The van der Waals surface area contributed by atoms with Crippen LogP contribution in [-0.2, 0) is 14.6 Å². The van der Waals surface area contributed by atoms with Crippen molar-refractivity contribution in [2.24, 2.45) is 0 Å². The number of carbonyl (C=O) groups excluding carboxylic acids is 1. The van der Waals surface area contributed by atoms with E-state index in [1.807, 2.05) is 0 Å². The molecule has 0 atom stereocenters. The fraction of sp³-hybridized carbons (Fsp3) is 0.176. The Balaban J connectivity index is 1.71. The second-order valence-electron chi connectivity index (χ2n) is 5.77. The molecule has 0 fully saturated rings. The van der Waals surface area contributed by atoms with Crippen molar-refractivity contribution in [3.63, 3.8) is 0 Å². The molecule has 29 heavy (non-hydrogen) atoms. The molecule has 12 heteroatoms. The number of thioether (sulfide) groups is 1. The number of hydrogen-bond donors (Lipinski definition) is 1. The van der Waals surface area contributed by atoms with Gasteiger partial charge in [-0.2, -0.15) is 0 Å². The van der Waals surface area contributed by atoms with E-state index in [0.717, 1.165) is 17.8 Å². The van der Waals surface area contributed by atoms with Gasteiger partial charge >= 0.3 is 0 Å². The minimum absolute atomic E-state index is 0.0250. The number of oxazole rings is 1. The van der Waals surface area contributed by atoms with E-state index in [2.05, 4.69) is 10.3 Å². The van der Waals surface area contributed by atoms with Crippen LogP contribution in [0.25, 0.3) is 11.1 Å². The van der Waals surface area contributed by atoms with Gasteiger partial charge in [-0.05, 0) is 30.3 Å². The third-order valence-electron chi connectivity index (χ3n) is 3.84. The van der Waals surface area contributed by atoms with Crippen molar-refractivity contribution in [2.75, 3.05) is 16.8 Å². The lowest BCUT2D eigenvalue weighted by molar-refractivity contribution is -0.383. The summed E-state index contributed by atoms with van der Waals surface area (Å²) < 4.78 is 29.4. The summed E-state index contributed by atoms with van der Waals surface area (Å²) in [6.45, 7) is 1.55. The maximum Gasteiger partial charge on any atom is 0.294 e. The third kappa shape index (κ3) is 4.86. The summed E-state index contributed by atoms with van der Waals surface area (Å²) in [5.74, 6) is -0.654. The molecule has 2 aromatic carbocycles. The first-order valence-electron chi connectivity index (χ1n) is 8.19. The van der Waals surface area contributed by atoms with Gasteiger partial charge in [-0.1, -0.05) is 30.3 Å². The smallest absolute Gasteiger partial charge is 0.294 e. The van der Waals surface area contributed by atoms with Crippen LogP contribution >= 0.6 is 23.4 Å². The van der Waals surface area contributed by atoms with Crippen LogP contribution in [0.1, 0.15) is 6.92 Å². The standard InChI is InChI=1S/C17H14ClN3O6S2/c1-2-29(25,26)11-4-6-15-13(8-11)20-17(27-15)28-9-16(22)19-12-5-3-10(18)7-14(12)21(23)24/h3-8H,2,9H2,1H3,(H,19,22). The first-order valence-corrected chi connectivity index (χ1v) is 11.2. The number of nitro benzene ring substituents is 1. The molecule has 1 heterocycles. The second kappa shape index (κ2) is 8.39. The molecule has 1 N–H and O–H groups in total. The molecule has 0 aliphatic carbocycles.